The lowest BCUT2D eigenvalue weighted by molar-refractivity contribution is -0.131. The molecule has 0 radical (unpaired) electrons. The largest absolute Gasteiger partial charge is 0.452 e. The molecule has 0 aliphatic carbocycles. The molecule has 19 heavy (non-hydrogen) atoms. The molecule has 1 rings (SSSR count). The Morgan fingerprint density at radius 3 is 2.37 bits per heavy atom. The highest BCUT2D eigenvalue weighted by Crippen LogP contribution is 2.00. The number of carbonyl (C=O) groups excluding carboxylic acids is 3. The molecule has 1 N–H and O–H groups in total. The van der Waals surface area contributed by atoms with Gasteiger partial charge < -0.3 is 15.0 Å². The summed E-state index contributed by atoms with van der Waals surface area (Å²) in [6.07, 6.45) is 0. The van der Waals surface area contributed by atoms with Crippen LogP contribution in [0, 0.1) is 0 Å². The van der Waals surface area contributed by atoms with Gasteiger partial charge in [0, 0.05) is 14.1 Å². The Morgan fingerprint density at radius 1 is 1.16 bits per heavy atom. The van der Waals surface area contributed by atoms with E-state index in [1.54, 1.807) is 44.4 Å². The first-order valence-corrected chi connectivity index (χ1v) is 5.69. The third kappa shape index (κ3) is 5.20. The van der Waals surface area contributed by atoms with Gasteiger partial charge in [-0.25, -0.2) is 4.79 Å². The summed E-state index contributed by atoms with van der Waals surface area (Å²) >= 11 is 0. The first-order valence-electron chi connectivity index (χ1n) is 5.69. The molecule has 0 aromatic heterocycles. The predicted molar refractivity (Wildman–Crippen MR) is 68.4 cm³/mol. The van der Waals surface area contributed by atoms with Gasteiger partial charge >= 0.3 is 5.97 Å². The Labute approximate surface area is 111 Å². The maximum atomic E-state index is 11.5. The third-order valence-corrected chi connectivity index (χ3v) is 2.28. The molecule has 0 aliphatic rings. The van der Waals surface area contributed by atoms with Gasteiger partial charge in [-0.05, 0) is 12.1 Å². The number of benzene rings is 1. The normalized spacial score (nSPS) is 9.58. The second-order valence-electron chi connectivity index (χ2n) is 4.01. The van der Waals surface area contributed by atoms with Crippen LogP contribution in [0.1, 0.15) is 10.4 Å². The Bertz CT molecular complexity index is 457. The number of carbonyl (C=O) groups is 3. The van der Waals surface area contributed by atoms with Crippen LogP contribution in [0.25, 0.3) is 0 Å². The van der Waals surface area contributed by atoms with Crippen molar-refractivity contribution in [1.82, 2.24) is 10.2 Å². The van der Waals surface area contributed by atoms with E-state index in [-0.39, 0.29) is 12.5 Å². The summed E-state index contributed by atoms with van der Waals surface area (Å²) in [5.41, 5.74) is 0.375. The van der Waals surface area contributed by atoms with Crippen LogP contribution in [0.2, 0.25) is 0 Å². The summed E-state index contributed by atoms with van der Waals surface area (Å²) in [5, 5.41) is 2.36. The van der Waals surface area contributed by atoms with E-state index in [0.29, 0.717) is 5.56 Å². The minimum atomic E-state index is -0.574. The van der Waals surface area contributed by atoms with Gasteiger partial charge in [0.25, 0.3) is 5.91 Å². The number of esters is 1. The fourth-order valence-electron chi connectivity index (χ4n) is 1.17. The number of nitrogens with one attached hydrogen (secondary N) is 1. The quantitative estimate of drug-likeness (QED) is 0.762. The number of hydrogen-bond donors (Lipinski definition) is 1. The van der Waals surface area contributed by atoms with Gasteiger partial charge in [-0.1, -0.05) is 18.2 Å². The summed E-state index contributed by atoms with van der Waals surface area (Å²) in [7, 11) is 3.17. The molecule has 0 heterocycles. The van der Waals surface area contributed by atoms with E-state index in [9.17, 15) is 14.4 Å². The minimum absolute atomic E-state index is 0.116. The zero-order valence-electron chi connectivity index (χ0n) is 10.9. The van der Waals surface area contributed by atoms with Crippen LogP contribution in [-0.2, 0) is 14.3 Å². The Balaban J connectivity index is 2.31. The fraction of sp³-hybridized carbons (Fsp3) is 0.308. The van der Waals surface area contributed by atoms with Crippen molar-refractivity contribution < 1.29 is 19.1 Å². The Kier molecular flexibility index (Phi) is 5.53. The molecule has 0 fully saturated rings. The van der Waals surface area contributed by atoms with Crippen LogP contribution < -0.4 is 5.32 Å². The molecule has 6 nitrogen and oxygen atoms in total. The summed E-state index contributed by atoms with van der Waals surface area (Å²) in [5.74, 6) is -1.32. The average Bonchev–Trinajstić information content (AvgIpc) is 2.42. The van der Waals surface area contributed by atoms with E-state index >= 15 is 0 Å². The maximum absolute atomic E-state index is 11.5. The van der Waals surface area contributed by atoms with E-state index in [2.05, 4.69) is 5.32 Å². The van der Waals surface area contributed by atoms with Crippen molar-refractivity contribution >= 4 is 17.8 Å². The lowest BCUT2D eigenvalue weighted by Gasteiger charge is -2.11. The summed E-state index contributed by atoms with van der Waals surface area (Å²) < 4.78 is 4.81. The highest BCUT2D eigenvalue weighted by atomic mass is 16.5. The highest BCUT2D eigenvalue weighted by Gasteiger charge is 2.11. The fourth-order valence-corrected chi connectivity index (χ4v) is 1.17. The van der Waals surface area contributed by atoms with Gasteiger partial charge in [0.15, 0.2) is 6.61 Å². The summed E-state index contributed by atoms with van der Waals surface area (Å²) in [4.78, 5) is 35.4. The van der Waals surface area contributed by atoms with E-state index < -0.39 is 18.5 Å². The topological polar surface area (TPSA) is 75.7 Å². The Hall–Kier alpha value is -2.37. The van der Waals surface area contributed by atoms with Gasteiger partial charge in [0.1, 0.15) is 0 Å². The van der Waals surface area contributed by atoms with Crippen LogP contribution in [0.15, 0.2) is 30.3 Å². The number of ether oxygens (including phenoxy) is 1. The molecule has 1 aromatic rings. The van der Waals surface area contributed by atoms with E-state index in [1.807, 2.05) is 0 Å². The SMILES string of the molecule is CN(C)C(=O)CNC(=O)COC(=O)c1ccccc1. The first kappa shape index (κ1) is 14.7. The Morgan fingerprint density at radius 2 is 1.79 bits per heavy atom. The lowest BCUT2D eigenvalue weighted by Crippen LogP contribution is -2.38. The standard InChI is InChI=1S/C13H16N2O4/c1-15(2)12(17)8-14-11(16)9-19-13(18)10-6-4-3-5-7-10/h3-7H,8-9H2,1-2H3,(H,14,16). The summed E-state index contributed by atoms with van der Waals surface area (Å²) in [6, 6.07) is 8.36. The van der Waals surface area contributed by atoms with Crippen molar-refractivity contribution in [2.75, 3.05) is 27.2 Å². The summed E-state index contributed by atoms with van der Waals surface area (Å²) in [6.45, 7) is -0.525. The van der Waals surface area contributed by atoms with Gasteiger partial charge in [-0.3, -0.25) is 9.59 Å². The van der Waals surface area contributed by atoms with E-state index in [4.69, 9.17) is 4.74 Å². The number of amides is 2. The van der Waals surface area contributed by atoms with Gasteiger partial charge in [0.05, 0.1) is 12.1 Å². The smallest absolute Gasteiger partial charge is 0.338 e. The molecule has 0 atom stereocenters. The average molecular weight is 264 g/mol. The monoisotopic (exact) mass is 264 g/mol. The molecule has 0 bridgehead atoms. The lowest BCUT2D eigenvalue weighted by atomic mass is 10.2. The molecule has 0 spiro atoms. The zero-order valence-corrected chi connectivity index (χ0v) is 10.9. The van der Waals surface area contributed by atoms with Crippen molar-refractivity contribution in [2.24, 2.45) is 0 Å². The number of nitrogens with zero attached hydrogens (tertiary/aromatic N) is 1. The molecule has 0 saturated carbocycles. The molecule has 0 aliphatic heterocycles. The van der Waals surface area contributed by atoms with E-state index in [1.165, 1.54) is 4.90 Å². The molecule has 0 unspecified atom stereocenters. The molecule has 1 aromatic carbocycles. The van der Waals surface area contributed by atoms with Crippen molar-refractivity contribution in [3.63, 3.8) is 0 Å². The maximum Gasteiger partial charge on any atom is 0.338 e. The minimum Gasteiger partial charge on any atom is -0.452 e. The number of hydrogen-bond acceptors (Lipinski definition) is 4. The van der Waals surface area contributed by atoms with Crippen LogP contribution in [0.3, 0.4) is 0 Å². The highest BCUT2D eigenvalue weighted by molar-refractivity contribution is 5.91. The third-order valence-electron chi connectivity index (χ3n) is 2.28. The van der Waals surface area contributed by atoms with Crippen LogP contribution >= 0.6 is 0 Å². The van der Waals surface area contributed by atoms with Crippen LogP contribution in [0.5, 0.6) is 0 Å². The van der Waals surface area contributed by atoms with Crippen molar-refractivity contribution in [2.45, 2.75) is 0 Å². The predicted octanol–water partition coefficient (Wildman–Crippen LogP) is 0.0478. The van der Waals surface area contributed by atoms with Crippen LogP contribution in [0.4, 0.5) is 0 Å². The molecular weight excluding hydrogens is 248 g/mol. The van der Waals surface area contributed by atoms with Crippen molar-refractivity contribution in [1.29, 1.82) is 0 Å². The van der Waals surface area contributed by atoms with Gasteiger partial charge in [0.2, 0.25) is 5.91 Å². The molecular formula is C13H16N2O4. The van der Waals surface area contributed by atoms with Gasteiger partial charge in [-0.15, -0.1) is 0 Å². The molecule has 0 saturated heterocycles. The number of likely N-dealkylation sites (N-methyl/N-ethyl adjacent to an activating group) is 1. The van der Waals surface area contributed by atoms with Crippen LogP contribution in [-0.4, -0.2) is 49.9 Å². The second-order valence-corrected chi connectivity index (χ2v) is 4.01. The molecule has 6 heteroatoms. The van der Waals surface area contributed by atoms with Crippen molar-refractivity contribution in [3.05, 3.63) is 35.9 Å². The number of rotatable bonds is 5. The van der Waals surface area contributed by atoms with Gasteiger partial charge in [-0.2, -0.15) is 0 Å². The second kappa shape index (κ2) is 7.15. The first-order chi connectivity index (χ1) is 9.00. The molecule has 102 valence electrons. The van der Waals surface area contributed by atoms with E-state index in [0.717, 1.165) is 0 Å². The molecule has 2 amide bonds. The zero-order chi connectivity index (χ0) is 14.3. The van der Waals surface area contributed by atoms with Crippen molar-refractivity contribution in [3.8, 4) is 0 Å².